The van der Waals surface area contributed by atoms with E-state index < -0.39 is 0 Å². The van der Waals surface area contributed by atoms with Crippen LogP contribution in [-0.2, 0) is 0 Å². The summed E-state index contributed by atoms with van der Waals surface area (Å²) in [5, 5.41) is 8.55. The normalized spacial score (nSPS) is 11.5. The van der Waals surface area contributed by atoms with Crippen molar-refractivity contribution in [3.8, 4) is 28.0 Å². The van der Waals surface area contributed by atoms with Crippen molar-refractivity contribution in [1.82, 2.24) is 4.98 Å². The molecule has 6 aromatic carbocycles. The SMILES string of the molecule is COc1ccc(-c2c3ccccc3c(-c3cnc4ccc5ccccc5c4c3)c3ccccc23)cc1. The number of ether oxygens (including phenoxy) is 1. The molecule has 36 heavy (non-hydrogen) atoms. The fourth-order valence-corrected chi connectivity index (χ4v) is 5.53. The highest BCUT2D eigenvalue weighted by atomic mass is 16.5. The second kappa shape index (κ2) is 8.21. The van der Waals surface area contributed by atoms with E-state index in [1.165, 1.54) is 54.4 Å². The smallest absolute Gasteiger partial charge is 0.118 e. The molecule has 0 saturated heterocycles. The molecule has 0 aliphatic carbocycles. The number of fused-ring (bicyclic) bond motifs is 5. The number of hydrogen-bond donors (Lipinski definition) is 0. The van der Waals surface area contributed by atoms with Crippen molar-refractivity contribution < 1.29 is 4.74 Å². The molecular formula is C34H23NO. The highest BCUT2D eigenvalue weighted by Gasteiger charge is 2.17. The van der Waals surface area contributed by atoms with E-state index in [1.807, 2.05) is 18.3 Å². The zero-order valence-electron chi connectivity index (χ0n) is 19.9. The number of methoxy groups -OCH3 is 1. The van der Waals surface area contributed by atoms with Crippen LogP contribution in [0.15, 0.2) is 121 Å². The molecule has 0 saturated carbocycles. The number of hydrogen-bond acceptors (Lipinski definition) is 2. The first-order valence-electron chi connectivity index (χ1n) is 12.2. The molecule has 2 nitrogen and oxygen atoms in total. The van der Waals surface area contributed by atoms with Gasteiger partial charge in [-0.25, -0.2) is 0 Å². The Morgan fingerprint density at radius 2 is 1.06 bits per heavy atom. The van der Waals surface area contributed by atoms with Crippen LogP contribution >= 0.6 is 0 Å². The van der Waals surface area contributed by atoms with Crippen molar-refractivity contribution >= 4 is 43.2 Å². The monoisotopic (exact) mass is 461 g/mol. The topological polar surface area (TPSA) is 22.1 Å². The maximum atomic E-state index is 5.42. The lowest BCUT2D eigenvalue weighted by Crippen LogP contribution is -1.92. The molecule has 0 fully saturated rings. The summed E-state index contributed by atoms with van der Waals surface area (Å²) in [5.41, 5.74) is 5.79. The van der Waals surface area contributed by atoms with Gasteiger partial charge in [-0.15, -0.1) is 0 Å². The predicted octanol–water partition coefficient (Wildman–Crippen LogP) is 9.04. The van der Waals surface area contributed by atoms with Crippen LogP contribution in [0.4, 0.5) is 0 Å². The number of benzene rings is 6. The van der Waals surface area contributed by atoms with Crippen molar-refractivity contribution in [3.63, 3.8) is 0 Å². The fourth-order valence-electron chi connectivity index (χ4n) is 5.53. The van der Waals surface area contributed by atoms with Gasteiger partial charge in [0.1, 0.15) is 5.75 Å². The lowest BCUT2D eigenvalue weighted by molar-refractivity contribution is 0.415. The average Bonchev–Trinajstić information content (AvgIpc) is 2.95. The Hall–Kier alpha value is -4.69. The molecule has 0 N–H and O–H groups in total. The molecule has 0 spiro atoms. The second-order valence-corrected chi connectivity index (χ2v) is 9.15. The van der Waals surface area contributed by atoms with E-state index in [0.717, 1.165) is 16.8 Å². The van der Waals surface area contributed by atoms with Gasteiger partial charge in [-0.05, 0) is 73.3 Å². The highest BCUT2D eigenvalue weighted by molar-refractivity contribution is 6.22. The Balaban J connectivity index is 1.59. The summed E-state index contributed by atoms with van der Waals surface area (Å²) in [7, 11) is 1.70. The maximum Gasteiger partial charge on any atom is 0.118 e. The van der Waals surface area contributed by atoms with Crippen LogP contribution in [0.1, 0.15) is 0 Å². The first-order chi connectivity index (χ1) is 17.8. The van der Waals surface area contributed by atoms with Gasteiger partial charge in [0.25, 0.3) is 0 Å². The van der Waals surface area contributed by atoms with Crippen LogP contribution in [0.2, 0.25) is 0 Å². The van der Waals surface area contributed by atoms with Gasteiger partial charge < -0.3 is 4.74 Å². The van der Waals surface area contributed by atoms with Gasteiger partial charge in [-0.2, -0.15) is 0 Å². The summed E-state index contributed by atoms with van der Waals surface area (Å²) < 4.78 is 5.42. The number of aromatic nitrogens is 1. The quantitative estimate of drug-likeness (QED) is 0.193. The molecule has 2 heteroatoms. The average molecular weight is 462 g/mol. The van der Waals surface area contributed by atoms with E-state index in [9.17, 15) is 0 Å². The molecule has 0 atom stereocenters. The summed E-state index contributed by atoms with van der Waals surface area (Å²) in [5.74, 6) is 0.860. The minimum atomic E-state index is 0.860. The molecule has 1 heterocycles. The first-order valence-corrected chi connectivity index (χ1v) is 12.2. The minimum Gasteiger partial charge on any atom is -0.497 e. The Kier molecular flexibility index (Phi) is 4.71. The Bertz CT molecular complexity index is 1860. The molecule has 1 aromatic heterocycles. The zero-order valence-corrected chi connectivity index (χ0v) is 19.9. The van der Waals surface area contributed by atoms with E-state index in [4.69, 9.17) is 9.72 Å². The molecule has 0 radical (unpaired) electrons. The third-order valence-corrected chi connectivity index (χ3v) is 7.19. The van der Waals surface area contributed by atoms with Gasteiger partial charge in [-0.1, -0.05) is 91.0 Å². The minimum absolute atomic E-state index is 0.860. The fraction of sp³-hybridized carbons (Fsp3) is 0.0294. The third kappa shape index (κ3) is 3.15. The molecule has 0 amide bonds. The summed E-state index contributed by atoms with van der Waals surface area (Å²) in [6.45, 7) is 0. The summed E-state index contributed by atoms with van der Waals surface area (Å²) >= 11 is 0. The predicted molar refractivity (Wildman–Crippen MR) is 152 cm³/mol. The standard InChI is InChI=1S/C34H23NO/c1-36-25-17-14-23(15-18-25)33-27-10-4-6-12-29(27)34(30-13-7-5-11-28(30)33)24-20-31-26-9-3-2-8-22(26)16-19-32(31)35-21-24/h2-21H,1H3. The van der Waals surface area contributed by atoms with Crippen LogP contribution in [0.3, 0.4) is 0 Å². The molecule has 0 bridgehead atoms. The van der Waals surface area contributed by atoms with Crippen molar-refractivity contribution in [2.24, 2.45) is 0 Å². The van der Waals surface area contributed by atoms with Crippen molar-refractivity contribution in [1.29, 1.82) is 0 Å². The number of nitrogens with zero attached hydrogens (tertiary/aromatic N) is 1. The summed E-state index contributed by atoms with van der Waals surface area (Å²) in [6.07, 6.45) is 2.03. The van der Waals surface area contributed by atoms with Gasteiger partial charge in [0.05, 0.1) is 12.6 Å². The van der Waals surface area contributed by atoms with Gasteiger partial charge in [0.15, 0.2) is 0 Å². The lowest BCUT2D eigenvalue weighted by atomic mass is 9.86. The van der Waals surface area contributed by atoms with Crippen LogP contribution < -0.4 is 4.74 Å². The maximum absolute atomic E-state index is 5.42. The lowest BCUT2D eigenvalue weighted by Gasteiger charge is -2.18. The van der Waals surface area contributed by atoms with E-state index in [0.29, 0.717) is 0 Å². The molecular weight excluding hydrogens is 438 g/mol. The Labute approximate surface area is 209 Å². The van der Waals surface area contributed by atoms with Gasteiger partial charge >= 0.3 is 0 Å². The first kappa shape index (κ1) is 20.7. The number of rotatable bonds is 3. The van der Waals surface area contributed by atoms with Gasteiger partial charge in [0.2, 0.25) is 0 Å². The number of pyridine rings is 1. The van der Waals surface area contributed by atoms with Crippen molar-refractivity contribution in [3.05, 3.63) is 121 Å². The van der Waals surface area contributed by atoms with Gasteiger partial charge in [0, 0.05) is 17.1 Å². The van der Waals surface area contributed by atoms with E-state index >= 15 is 0 Å². The van der Waals surface area contributed by atoms with E-state index in [-0.39, 0.29) is 0 Å². The zero-order chi connectivity index (χ0) is 24.1. The van der Waals surface area contributed by atoms with Crippen molar-refractivity contribution in [2.75, 3.05) is 7.11 Å². The molecule has 0 aliphatic rings. The molecule has 170 valence electrons. The van der Waals surface area contributed by atoms with E-state index in [1.54, 1.807) is 7.11 Å². The highest BCUT2D eigenvalue weighted by Crippen LogP contribution is 2.44. The molecule has 7 aromatic rings. The molecule has 0 unspecified atom stereocenters. The second-order valence-electron chi connectivity index (χ2n) is 9.15. The van der Waals surface area contributed by atoms with Crippen LogP contribution in [0.5, 0.6) is 5.75 Å². The van der Waals surface area contributed by atoms with Crippen LogP contribution in [0.25, 0.3) is 65.5 Å². The largest absolute Gasteiger partial charge is 0.497 e. The Morgan fingerprint density at radius 3 is 1.67 bits per heavy atom. The summed E-state index contributed by atoms with van der Waals surface area (Å²) in [6, 6.07) is 40.9. The summed E-state index contributed by atoms with van der Waals surface area (Å²) in [4.78, 5) is 4.91. The van der Waals surface area contributed by atoms with Crippen molar-refractivity contribution in [2.45, 2.75) is 0 Å². The Morgan fingerprint density at radius 1 is 0.500 bits per heavy atom. The van der Waals surface area contributed by atoms with Crippen LogP contribution in [0, 0.1) is 0 Å². The van der Waals surface area contributed by atoms with E-state index in [2.05, 4.69) is 103 Å². The third-order valence-electron chi connectivity index (χ3n) is 7.19. The van der Waals surface area contributed by atoms with Crippen LogP contribution in [-0.4, -0.2) is 12.1 Å². The van der Waals surface area contributed by atoms with Gasteiger partial charge in [-0.3, -0.25) is 4.98 Å². The molecule has 7 rings (SSSR count). The molecule has 0 aliphatic heterocycles.